The van der Waals surface area contributed by atoms with Crippen LogP contribution in [0, 0.1) is 5.92 Å². The van der Waals surface area contributed by atoms with E-state index in [0.29, 0.717) is 17.8 Å². The van der Waals surface area contributed by atoms with Crippen LogP contribution < -0.4 is 5.32 Å². The normalized spacial score (nSPS) is 11.9. The lowest BCUT2D eigenvalue weighted by Crippen LogP contribution is -2.32. The molecule has 0 fully saturated rings. The van der Waals surface area contributed by atoms with Crippen LogP contribution in [0.2, 0.25) is 0 Å². The van der Waals surface area contributed by atoms with Gasteiger partial charge in [-0.2, -0.15) is 0 Å². The Kier molecular flexibility index (Phi) is 4.65. The first kappa shape index (κ1) is 14.7. The summed E-state index contributed by atoms with van der Waals surface area (Å²) in [6.07, 6.45) is 6.92. The minimum atomic E-state index is -0.911. The number of hydrogen-bond donors (Lipinski definition) is 2. The minimum absolute atomic E-state index is 0.105. The van der Waals surface area contributed by atoms with E-state index < -0.39 is 11.9 Å². The van der Waals surface area contributed by atoms with Gasteiger partial charge in [-0.05, 0) is 18.6 Å². The van der Waals surface area contributed by atoms with Gasteiger partial charge >= 0.3 is 5.97 Å². The monoisotopic (exact) mass is 288 g/mol. The molecule has 110 valence electrons. The number of rotatable bonds is 6. The predicted octanol–water partition coefficient (Wildman–Crippen LogP) is 1.11. The van der Waals surface area contributed by atoms with Gasteiger partial charge in [0.1, 0.15) is 12.1 Å². The zero-order valence-electron chi connectivity index (χ0n) is 11.6. The van der Waals surface area contributed by atoms with Crippen LogP contribution in [0.3, 0.4) is 0 Å². The van der Waals surface area contributed by atoms with Crippen LogP contribution in [-0.4, -0.2) is 38.1 Å². The average molecular weight is 288 g/mol. The Bertz CT molecular complexity index is 608. The summed E-state index contributed by atoms with van der Waals surface area (Å²) in [5.74, 6) is -1.17. The van der Waals surface area contributed by atoms with Crippen molar-refractivity contribution in [2.45, 2.75) is 13.3 Å². The van der Waals surface area contributed by atoms with Gasteiger partial charge in [0.15, 0.2) is 0 Å². The van der Waals surface area contributed by atoms with Crippen LogP contribution in [0.15, 0.2) is 37.1 Å². The molecule has 0 aliphatic carbocycles. The summed E-state index contributed by atoms with van der Waals surface area (Å²) in [5, 5.41) is 11.5. The number of carbonyl (C=O) groups is 2. The Balaban J connectivity index is 1.98. The number of carboxylic acid groups (broad SMARTS) is 1. The molecule has 7 heteroatoms. The van der Waals surface area contributed by atoms with Crippen molar-refractivity contribution in [3.05, 3.63) is 42.6 Å². The van der Waals surface area contributed by atoms with Gasteiger partial charge in [-0.15, -0.1) is 0 Å². The summed E-state index contributed by atoms with van der Waals surface area (Å²) >= 11 is 0. The number of nitrogens with one attached hydrogen (secondary N) is 1. The highest BCUT2D eigenvalue weighted by molar-refractivity contribution is 5.94. The molecular weight excluding hydrogens is 272 g/mol. The molecule has 0 spiro atoms. The van der Waals surface area contributed by atoms with Crippen molar-refractivity contribution in [1.82, 2.24) is 19.9 Å². The van der Waals surface area contributed by atoms with Gasteiger partial charge in [0.05, 0.1) is 11.5 Å². The highest BCUT2D eigenvalue weighted by Crippen LogP contribution is 2.06. The Hall–Kier alpha value is -2.70. The Labute approximate surface area is 121 Å². The van der Waals surface area contributed by atoms with Crippen molar-refractivity contribution in [2.24, 2.45) is 5.92 Å². The molecule has 0 aliphatic heterocycles. The van der Waals surface area contributed by atoms with Gasteiger partial charge in [-0.3, -0.25) is 14.2 Å². The number of carbonyl (C=O) groups excluding carboxylic acids is 1. The molecular formula is C14H16N4O3. The van der Waals surface area contributed by atoms with Crippen molar-refractivity contribution in [3.8, 4) is 5.82 Å². The minimum Gasteiger partial charge on any atom is -0.481 e. The van der Waals surface area contributed by atoms with E-state index in [1.807, 2.05) is 0 Å². The van der Waals surface area contributed by atoms with E-state index in [1.165, 1.54) is 6.20 Å². The maximum Gasteiger partial charge on any atom is 0.308 e. The standard InChI is InChI=1S/C14H16N4O3/c1-2-10(14(20)21)7-17-13(19)11-3-4-12(16-8-11)18-6-5-15-9-18/h3-6,8-10H,2,7H2,1H3,(H,17,19)(H,20,21). The predicted molar refractivity (Wildman–Crippen MR) is 75.1 cm³/mol. The molecule has 2 aromatic rings. The van der Waals surface area contributed by atoms with Crippen LogP contribution >= 0.6 is 0 Å². The number of pyridine rings is 1. The number of imidazole rings is 1. The van der Waals surface area contributed by atoms with Gasteiger partial charge in [-0.1, -0.05) is 6.92 Å². The van der Waals surface area contributed by atoms with Crippen molar-refractivity contribution < 1.29 is 14.7 Å². The second-order valence-corrected chi connectivity index (χ2v) is 4.53. The second kappa shape index (κ2) is 6.65. The van der Waals surface area contributed by atoms with Crippen LogP contribution in [0.1, 0.15) is 23.7 Å². The third kappa shape index (κ3) is 3.65. The van der Waals surface area contributed by atoms with Crippen molar-refractivity contribution in [1.29, 1.82) is 0 Å². The number of aliphatic carboxylic acids is 1. The lowest BCUT2D eigenvalue weighted by Gasteiger charge is -2.11. The molecule has 1 atom stereocenters. The lowest BCUT2D eigenvalue weighted by molar-refractivity contribution is -0.141. The SMILES string of the molecule is CCC(CNC(=O)c1ccc(-n2ccnc2)nc1)C(=O)O. The van der Waals surface area contributed by atoms with Gasteiger partial charge in [0.25, 0.3) is 5.91 Å². The maximum atomic E-state index is 11.9. The molecule has 2 rings (SSSR count). The molecule has 0 radical (unpaired) electrons. The molecule has 0 saturated carbocycles. The summed E-state index contributed by atoms with van der Waals surface area (Å²) in [6.45, 7) is 1.88. The number of amides is 1. The highest BCUT2D eigenvalue weighted by Gasteiger charge is 2.16. The molecule has 2 aromatic heterocycles. The Morgan fingerprint density at radius 2 is 2.24 bits per heavy atom. The first-order valence-electron chi connectivity index (χ1n) is 6.57. The van der Waals surface area contributed by atoms with Crippen LogP contribution in [-0.2, 0) is 4.79 Å². The maximum absolute atomic E-state index is 11.9. The summed E-state index contributed by atoms with van der Waals surface area (Å²) in [5.41, 5.74) is 0.388. The van der Waals surface area contributed by atoms with Crippen LogP contribution in [0.4, 0.5) is 0 Å². The van der Waals surface area contributed by atoms with Gasteiger partial charge in [0, 0.05) is 25.1 Å². The highest BCUT2D eigenvalue weighted by atomic mass is 16.4. The molecule has 1 amide bonds. The zero-order chi connectivity index (χ0) is 15.2. The number of carboxylic acids is 1. The number of nitrogens with zero attached hydrogens (tertiary/aromatic N) is 3. The van der Waals surface area contributed by atoms with E-state index in [1.54, 1.807) is 42.3 Å². The smallest absolute Gasteiger partial charge is 0.308 e. The van der Waals surface area contributed by atoms with Gasteiger partial charge < -0.3 is 10.4 Å². The largest absolute Gasteiger partial charge is 0.481 e. The van der Waals surface area contributed by atoms with Crippen molar-refractivity contribution >= 4 is 11.9 Å². The second-order valence-electron chi connectivity index (χ2n) is 4.53. The van der Waals surface area contributed by atoms with Crippen LogP contribution in [0.5, 0.6) is 0 Å². The fraction of sp³-hybridized carbons (Fsp3) is 0.286. The number of hydrogen-bond acceptors (Lipinski definition) is 4. The van der Waals surface area contributed by atoms with E-state index in [0.717, 1.165) is 0 Å². The Morgan fingerprint density at radius 3 is 2.76 bits per heavy atom. The van der Waals surface area contributed by atoms with Gasteiger partial charge in [-0.25, -0.2) is 9.97 Å². The molecule has 2 heterocycles. The van der Waals surface area contributed by atoms with E-state index >= 15 is 0 Å². The van der Waals surface area contributed by atoms with Crippen molar-refractivity contribution in [3.63, 3.8) is 0 Å². The number of aromatic nitrogens is 3. The molecule has 1 unspecified atom stereocenters. The first-order chi connectivity index (χ1) is 10.1. The fourth-order valence-corrected chi connectivity index (χ4v) is 1.79. The molecule has 7 nitrogen and oxygen atoms in total. The molecule has 0 aromatic carbocycles. The summed E-state index contributed by atoms with van der Waals surface area (Å²) < 4.78 is 1.72. The molecule has 2 N–H and O–H groups in total. The van der Waals surface area contributed by atoms with Crippen molar-refractivity contribution in [2.75, 3.05) is 6.54 Å². The third-order valence-electron chi connectivity index (χ3n) is 3.13. The van der Waals surface area contributed by atoms with Crippen LogP contribution in [0.25, 0.3) is 5.82 Å². The van der Waals surface area contributed by atoms with E-state index in [2.05, 4.69) is 15.3 Å². The topological polar surface area (TPSA) is 97.1 Å². The lowest BCUT2D eigenvalue weighted by atomic mass is 10.1. The average Bonchev–Trinajstić information content (AvgIpc) is 3.01. The van der Waals surface area contributed by atoms with E-state index in [-0.39, 0.29) is 12.5 Å². The van der Waals surface area contributed by atoms with E-state index in [9.17, 15) is 9.59 Å². The zero-order valence-corrected chi connectivity index (χ0v) is 11.6. The molecule has 0 bridgehead atoms. The summed E-state index contributed by atoms with van der Waals surface area (Å²) in [4.78, 5) is 30.9. The molecule has 0 saturated heterocycles. The third-order valence-corrected chi connectivity index (χ3v) is 3.13. The first-order valence-corrected chi connectivity index (χ1v) is 6.57. The quantitative estimate of drug-likeness (QED) is 0.829. The summed E-state index contributed by atoms with van der Waals surface area (Å²) in [7, 11) is 0. The van der Waals surface area contributed by atoms with Gasteiger partial charge in [0.2, 0.25) is 0 Å². The molecule has 0 aliphatic rings. The summed E-state index contributed by atoms with van der Waals surface area (Å²) in [6, 6.07) is 3.34. The fourth-order valence-electron chi connectivity index (χ4n) is 1.79. The van der Waals surface area contributed by atoms with E-state index in [4.69, 9.17) is 5.11 Å². The Morgan fingerprint density at radius 1 is 1.43 bits per heavy atom. The molecule has 21 heavy (non-hydrogen) atoms.